The summed E-state index contributed by atoms with van der Waals surface area (Å²) in [5, 5.41) is 2.32. The van der Waals surface area contributed by atoms with Gasteiger partial charge in [-0.3, -0.25) is 9.69 Å². The number of Topliss-reactive ketones (excluding diaryl/α,β-unsaturated/α-hetero) is 1. The van der Waals surface area contributed by atoms with Crippen LogP contribution in [0.15, 0.2) is 158 Å². The Kier molecular flexibility index (Phi) is 24.3. The van der Waals surface area contributed by atoms with Gasteiger partial charge in [-0.05, 0) is 146 Å². The summed E-state index contributed by atoms with van der Waals surface area (Å²) in [6.07, 6.45) is 5.63. The third-order valence-electron chi connectivity index (χ3n) is 25.7. The van der Waals surface area contributed by atoms with Crippen molar-refractivity contribution in [3.63, 3.8) is 0 Å². The molecule has 8 heterocycles. The number of carbonyl (C=O) groups excluding carboxylic acids is 2. The number of nitrogens with zero attached hydrogens (tertiary/aromatic N) is 1. The van der Waals surface area contributed by atoms with Crippen LogP contribution >= 0.6 is 0 Å². The van der Waals surface area contributed by atoms with E-state index in [2.05, 4.69) is 129 Å². The molecule has 0 aromatic heterocycles. The van der Waals surface area contributed by atoms with Gasteiger partial charge in [0.25, 0.3) is 16.6 Å². The molecule has 8 aliphatic heterocycles. The molecule has 1 amide bonds. The van der Waals surface area contributed by atoms with E-state index >= 15 is 4.79 Å². The van der Waals surface area contributed by atoms with Crippen molar-refractivity contribution >= 4 is 57.6 Å². The summed E-state index contributed by atoms with van der Waals surface area (Å²) in [6, 6.07) is 44.1. The number of ketones is 1. The van der Waals surface area contributed by atoms with Gasteiger partial charge in [-0.25, -0.2) is 4.79 Å². The molecule has 13 unspecified atom stereocenters. The van der Waals surface area contributed by atoms with E-state index < -0.39 is 107 Å². The molecule has 104 heavy (non-hydrogen) atoms. The smallest absolute Gasteiger partial charge is 0.412 e. The van der Waals surface area contributed by atoms with Crippen LogP contribution in [0.2, 0.25) is 28.2 Å². The van der Waals surface area contributed by atoms with E-state index in [0.717, 1.165) is 69.3 Å². The quantitative estimate of drug-likeness (QED) is 0.0712. The molecule has 0 saturated carbocycles. The zero-order valence-corrected chi connectivity index (χ0v) is 67.8. The minimum atomic E-state index is -3.68. The fourth-order valence-electron chi connectivity index (χ4n) is 19.8. The molecule has 12 rings (SSSR count). The van der Waals surface area contributed by atoms with Crippen LogP contribution in [-0.4, -0.2) is 168 Å². The van der Waals surface area contributed by atoms with Gasteiger partial charge < -0.3 is 56.6 Å². The lowest BCUT2D eigenvalue weighted by atomic mass is 9.74. The largest absolute Gasteiger partial charge is 0.444 e. The third-order valence-corrected chi connectivity index (χ3v) is 39.3. The Morgan fingerprint density at radius 1 is 0.606 bits per heavy atom. The van der Waals surface area contributed by atoms with E-state index in [1.165, 1.54) is 0 Å². The maximum Gasteiger partial charge on any atom is 0.412 e. The Bertz CT molecular complexity index is 3500. The van der Waals surface area contributed by atoms with E-state index in [1.54, 1.807) is 12.0 Å². The van der Waals surface area contributed by atoms with Crippen LogP contribution in [-0.2, 0) is 51.9 Å². The molecule has 15 nitrogen and oxygen atoms in total. The second-order valence-corrected chi connectivity index (χ2v) is 47.4. The minimum absolute atomic E-state index is 0.0543. The molecule has 0 radical (unpaired) electrons. The van der Waals surface area contributed by atoms with Crippen LogP contribution in [0.4, 0.5) is 4.79 Å². The van der Waals surface area contributed by atoms with Crippen molar-refractivity contribution in [1.82, 2.24) is 4.90 Å². The molecular formula is C86H123NO14Si3. The molecule has 0 aliphatic carbocycles. The van der Waals surface area contributed by atoms with Crippen LogP contribution in [0.25, 0.3) is 0 Å². The molecule has 7 fully saturated rings. The van der Waals surface area contributed by atoms with Crippen molar-refractivity contribution in [2.75, 3.05) is 13.7 Å². The first-order chi connectivity index (χ1) is 49.4. The highest BCUT2D eigenvalue weighted by molar-refractivity contribution is 6.99. The van der Waals surface area contributed by atoms with Gasteiger partial charge in [0.15, 0.2) is 8.32 Å². The maximum absolute atomic E-state index is 15.6. The predicted octanol–water partition coefficient (Wildman–Crippen LogP) is 14.2. The summed E-state index contributed by atoms with van der Waals surface area (Å²) in [5.74, 6) is -0.681. The van der Waals surface area contributed by atoms with Crippen molar-refractivity contribution in [3.8, 4) is 0 Å². The van der Waals surface area contributed by atoms with Crippen molar-refractivity contribution in [1.29, 1.82) is 0 Å². The second-order valence-electron chi connectivity index (χ2n) is 34.8. The van der Waals surface area contributed by atoms with Crippen molar-refractivity contribution < 1.29 is 66.2 Å². The molecule has 7 saturated heterocycles. The van der Waals surface area contributed by atoms with Gasteiger partial charge in [-0.15, -0.1) is 0 Å². The molecular weight excluding hydrogens is 1360 g/mol. The number of amides is 1. The third kappa shape index (κ3) is 16.4. The van der Waals surface area contributed by atoms with Crippen LogP contribution in [0.3, 0.4) is 0 Å². The molecule has 2 N–H and O–H groups in total. The van der Waals surface area contributed by atoms with Gasteiger partial charge in [0.2, 0.25) is 0 Å². The lowest BCUT2D eigenvalue weighted by Crippen LogP contribution is -2.67. The number of rotatable bonds is 18. The first-order valence-electron chi connectivity index (χ1n) is 39.5. The summed E-state index contributed by atoms with van der Waals surface area (Å²) in [5.41, 5.74) is 0.458. The lowest BCUT2D eigenvalue weighted by Gasteiger charge is -2.52. The average Bonchev–Trinajstić information content (AvgIpc) is 1.42. The summed E-state index contributed by atoms with van der Waals surface area (Å²) in [4.78, 5) is 59.2. The van der Waals surface area contributed by atoms with Gasteiger partial charge in [0, 0.05) is 63.4 Å². The molecule has 18 heteroatoms. The van der Waals surface area contributed by atoms with Gasteiger partial charge in [0.1, 0.15) is 17.1 Å². The van der Waals surface area contributed by atoms with Crippen LogP contribution < -0.4 is 20.7 Å². The predicted molar refractivity (Wildman–Crippen MR) is 417 cm³/mol. The number of ether oxygens (including phenoxy) is 9. The van der Waals surface area contributed by atoms with Gasteiger partial charge in [-0.2, -0.15) is 0 Å². The standard InChI is InChI=1S/C86H123NO14Si3/c1-17-102(18-2,19-3)101-63-41-40-60-47-57(5)72(93-60)44-42-61-46-56(4)58(6)74(94-61)52-76-69(78(92-16)77(96-76)51-64-55-87(86(14,15)99-64)82(89)100-83(7,8)9)49-59(88)48-62-43-45-73-79(95-62)71(54-85(12,13)104(91,67-36-28-22-29-37-67)68-38-30-23-31-39-68)81-80(97-73)70(75(50-63)98-81)53-84(10,11)103(90,65-32-24-20-25-33-65)66-34-26-21-27-35-66/h20-41,56,60-64,69-81,90-91H,5-6,17-19,42-55H2,1-4,7-16H3/b41-40+/t56?,60?,61?,62?,63?,64?,69?,70?,71?,72-,73?,74?,75?,76-,77+,78+,79+,80-,81?/m0/s1. The SMILES string of the molecule is C=C1C(C)CC2CC[C@@H]3OC(/C=C/C(O[Si](CC)(CC)CC)CC4OC5C(CC(C)(C)[Si](O)(c6ccccc6)c6ccccc6)[C@H]6OC(CCC6O[C@H]5C4CC(C)(C)[Si](O)(c4ccccc4)c4ccccc4)CC(=O)CC4[C@H](CC1O2)O[C@H](CC1CN(C(=O)OC(C)(C)C)C(C)(C)O1)[C@@H]4OC)CC3=C. The number of benzene rings is 4. The number of hydrogen-bond acceptors (Lipinski definition) is 14. The first-order valence-corrected chi connectivity index (χ1v) is 45.9. The molecule has 0 spiro atoms. The average molecular weight is 1480 g/mol. The molecule has 8 aliphatic rings. The van der Waals surface area contributed by atoms with Crippen molar-refractivity contribution in [2.24, 2.45) is 23.7 Å². The number of methoxy groups -OCH3 is 1. The first kappa shape index (κ1) is 78.8. The number of carbonyl (C=O) groups is 2. The Balaban J connectivity index is 0.950. The van der Waals surface area contributed by atoms with E-state index in [-0.39, 0.29) is 78.9 Å². The van der Waals surface area contributed by atoms with Gasteiger partial charge in [0.05, 0.1) is 98.1 Å². The van der Waals surface area contributed by atoms with E-state index in [0.29, 0.717) is 57.9 Å². The number of hydrogen-bond donors (Lipinski definition) is 2. The monoisotopic (exact) mass is 1480 g/mol. The second kappa shape index (κ2) is 32.1. The van der Waals surface area contributed by atoms with E-state index in [1.807, 2.05) is 107 Å². The van der Waals surface area contributed by atoms with Crippen LogP contribution in [0.1, 0.15) is 173 Å². The Hall–Kier alpha value is -4.75. The Labute approximate surface area is 624 Å². The van der Waals surface area contributed by atoms with E-state index in [9.17, 15) is 14.4 Å². The molecule has 19 atom stereocenters. The maximum atomic E-state index is 15.6. The van der Waals surface area contributed by atoms with Gasteiger partial charge >= 0.3 is 6.09 Å². The van der Waals surface area contributed by atoms with Crippen LogP contribution in [0.5, 0.6) is 0 Å². The topological polar surface area (TPSA) is 170 Å². The zero-order chi connectivity index (χ0) is 74.3. The summed E-state index contributed by atoms with van der Waals surface area (Å²) >= 11 is 0. The summed E-state index contributed by atoms with van der Waals surface area (Å²) in [6.45, 7) is 37.2. The van der Waals surface area contributed by atoms with Crippen molar-refractivity contribution in [2.45, 2.75) is 305 Å². The lowest BCUT2D eigenvalue weighted by molar-refractivity contribution is -0.242. The molecule has 8 bridgehead atoms. The Morgan fingerprint density at radius 3 is 1.69 bits per heavy atom. The fraction of sp³-hybridized carbons (Fsp3) is 0.628. The summed E-state index contributed by atoms with van der Waals surface area (Å²) < 4.78 is 71.9. The molecule has 568 valence electrons. The fourth-order valence-corrected chi connectivity index (χ4v) is 30.2. The highest BCUT2D eigenvalue weighted by Gasteiger charge is 2.63. The molecule has 4 aromatic rings. The summed E-state index contributed by atoms with van der Waals surface area (Å²) in [7, 11) is -7.90. The highest BCUT2D eigenvalue weighted by atomic mass is 28.4. The van der Waals surface area contributed by atoms with Crippen molar-refractivity contribution in [3.05, 3.63) is 158 Å². The normalized spacial score (nSPS) is 33.5. The van der Waals surface area contributed by atoms with E-state index in [4.69, 9.17) is 47.1 Å². The highest BCUT2D eigenvalue weighted by Crippen LogP contribution is 2.56. The zero-order valence-electron chi connectivity index (χ0n) is 64.8. The van der Waals surface area contributed by atoms with Gasteiger partial charge in [-0.1, -0.05) is 202 Å². The molecule has 4 aromatic carbocycles. The van der Waals surface area contributed by atoms with Crippen LogP contribution in [0, 0.1) is 23.7 Å². The Morgan fingerprint density at radius 2 is 1.14 bits per heavy atom. The number of fused-ring (bicyclic) bond motifs is 7. The minimum Gasteiger partial charge on any atom is -0.444 e.